The highest BCUT2D eigenvalue weighted by Crippen LogP contribution is 2.32. The molecule has 1 aliphatic heterocycles. The second-order valence-corrected chi connectivity index (χ2v) is 11.3. The molecule has 2 atom stereocenters. The molecule has 4 nitrogen and oxygen atoms in total. The number of rotatable bonds is 8. The van der Waals surface area contributed by atoms with E-state index in [4.69, 9.17) is 9.73 Å². The second kappa shape index (κ2) is 13.2. The number of ether oxygens (including phenoxy) is 1. The molecule has 0 spiro atoms. The van der Waals surface area contributed by atoms with E-state index in [-0.39, 0.29) is 0 Å². The number of hydrogen-bond acceptors (Lipinski definition) is 3. The van der Waals surface area contributed by atoms with E-state index in [1.807, 2.05) is 6.20 Å². The van der Waals surface area contributed by atoms with Crippen LogP contribution in [0.25, 0.3) is 11.1 Å². The number of pyridine rings is 1. The molecule has 1 aromatic heterocycles. The molecule has 2 aliphatic rings. The van der Waals surface area contributed by atoms with E-state index < -0.39 is 0 Å². The molecule has 1 aromatic carbocycles. The highest BCUT2D eigenvalue weighted by molar-refractivity contribution is 5.87. The van der Waals surface area contributed by atoms with Crippen molar-refractivity contribution in [3.63, 3.8) is 0 Å². The average molecular weight is 514 g/mol. The molecule has 1 aliphatic carbocycles. The fourth-order valence-corrected chi connectivity index (χ4v) is 5.94. The molecule has 0 radical (unpaired) electrons. The lowest BCUT2D eigenvalue weighted by Crippen LogP contribution is -2.42. The van der Waals surface area contributed by atoms with Crippen molar-refractivity contribution in [3.8, 4) is 11.1 Å². The van der Waals surface area contributed by atoms with Gasteiger partial charge in [0.1, 0.15) is 5.76 Å². The Morgan fingerprint density at radius 3 is 2.58 bits per heavy atom. The Labute approximate surface area is 229 Å². The average Bonchev–Trinajstić information content (AvgIpc) is 3.13. The molecule has 2 heterocycles. The normalized spacial score (nSPS) is 20.4. The topological polar surface area (TPSA) is 42.5 Å². The van der Waals surface area contributed by atoms with Crippen molar-refractivity contribution in [1.29, 1.82) is 0 Å². The zero-order chi connectivity index (χ0) is 27.1. The van der Waals surface area contributed by atoms with E-state index in [0.717, 1.165) is 44.3 Å². The number of carbonyl (C=O) groups excluding carboxylic acids is 1. The maximum Gasteiger partial charge on any atom is 0.206 e. The summed E-state index contributed by atoms with van der Waals surface area (Å²) >= 11 is 0. The van der Waals surface area contributed by atoms with Crippen molar-refractivity contribution < 1.29 is 14.1 Å². The summed E-state index contributed by atoms with van der Waals surface area (Å²) in [6.07, 6.45) is 15.5. The van der Waals surface area contributed by atoms with Gasteiger partial charge in [-0.2, -0.15) is 4.57 Å². The highest BCUT2D eigenvalue weighted by Gasteiger charge is 2.26. The maximum absolute atomic E-state index is 13.2. The van der Waals surface area contributed by atoms with E-state index >= 15 is 0 Å². The molecule has 1 saturated carbocycles. The van der Waals surface area contributed by atoms with Gasteiger partial charge in [0.25, 0.3) is 0 Å². The fraction of sp³-hybridized carbons (Fsp3) is 0.500. The molecule has 2 aromatic rings. The first-order valence-corrected chi connectivity index (χ1v) is 14.5. The summed E-state index contributed by atoms with van der Waals surface area (Å²) in [6.45, 7) is 9.12. The van der Waals surface area contributed by atoms with Gasteiger partial charge < -0.3 is 4.74 Å². The molecule has 2 unspecified atom stereocenters. The van der Waals surface area contributed by atoms with Crippen molar-refractivity contribution in [2.24, 2.45) is 16.8 Å². The molecule has 202 valence electrons. The molecule has 0 amide bonds. The number of ketones is 1. The Morgan fingerprint density at radius 1 is 1.00 bits per heavy atom. The smallest absolute Gasteiger partial charge is 0.206 e. The minimum Gasteiger partial charge on any atom is -0.495 e. The number of aromatic nitrogens is 1. The first kappa shape index (κ1) is 28.0. The third kappa shape index (κ3) is 7.30. The van der Waals surface area contributed by atoms with E-state index in [0.29, 0.717) is 30.6 Å². The lowest BCUT2D eigenvalue weighted by molar-refractivity contribution is -0.691. The number of aryl methyl sites for hydroxylation is 3. The summed E-state index contributed by atoms with van der Waals surface area (Å²) < 4.78 is 7.62. The number of aliphatic imine (C=N–C) groups is 1. The zero-order valence-electron chi connectivity index (χ0n) is 24.1. The van der Waals surface area contributed by atoms with Gasteiger partial charge in [-0.25, -0.2) is 0 Å². The molecule has 38 heavy (non-hydrogen) atoms. The summed E-state index contributed by atoms with van der Waals surface area (Å²) in [6, 6.07) is 11.0. The first-order chi connectivity index (χ1) is 18.4. The van der Waals surface area contributed by atoms with Gasteiger partial charge in [0.15, 0.2) is 17.7 Å². The van der Waals surface area contributed by atoms with Crippen LogP contribution in [0.15, 0.2) is 65.1 Å². The SMILES string of the molecule is CCc1cc(-c2ccc(C)c(C)c2)cc[n+]1CC(=O)CC1CCCC(C2=NC=C(OC)C=C(C)CC2)CC1. The van der Waals surface area contributed by atoms with E-state index in [9.17, 15) is 4.79 Å². The number of hydrogen-bond donors (Lipinski definition) is 0. The summed E-state index contributed by atoms with van der Waals surface area (Å²) in [5.74, 6) is 2.19. The van der Waals surface area contributed by atoms with Gasteiger partial charge in [0, 0.05) is 30.7 Å². The van der Waals surface area contributed by atoms with Crippen LogP contribution in [0.2, 0.25) is 0 Å². The number of carbonyl (C=O) groups is 1. The number of nitrogens with zero attached hydrogens (tertiary/aromatic N) is 2. The van der Waals surface area contributed by atoms with Gasteiger partial charge in [0.2, 0.25) is 6.54 Å². The van der Waals surface area contributed by atoms with Crippen LogP contribution in [-0.2, 0) is 22.5 Å². The Bertz CT molecular complexity index is 1240. The van der Waals surface area contributed by atoms with E-state index in [1.165, 1.54) is 52.1 Å². The van der Waals surface area contributed by atoms with Crippen LogP contribution in [0.5, 0.6) is 0 Å². The summed E-state index contributed by atoms with van der Waals surface area (Å²) in [5.41, 5.74) is 8.95. The predicted octanol–water partition coefficient (Wildman–Crippen LogP) is 7.64. The van der Waals surface area contributed by atoms with Gasteiger partial charge in [-0.1, -0.05) is 37.1 Å². The first-order valence-electron chi connectivity index (χ1n) is 14.5. The Hall–Kier alpha value is -3.01. The zero-order valence-corrected chi connectivity index (χ0v) is 24.1. The summed E-state index contributed by atoms with van der Waals surface area (Å²) in [5, 5.41) is 0. The summed E-state index contributed by atoms with van der Waals surface area (Å²) in [7, 11) is 1.71. The van der Waals surface area contributed by atoms with E-state index in [2.05, 4.69) is 74.9 Å². The van der Waals surface area contributed by atoms with Gasteiger partial charge >= 0.3 is 0 Å². The highest BCUT2D eigenvalue weighted by atomic mass is 16.5. The standard InChI is InChI=1S/C34H45N2O2/c1-6-31-21-30(29-13-11-25(3)26(4)19-29)16-17-36(31)23-32(37)20-27-8-7-9-28(14-12-27)34-15-10-24(2)18-33(38-5)22-35-34/h11,13,16-19,21-22,27-28H,6-10,12,14-15,20,23H2,1-5H3/q+1. The molecule has 4 heteroatoms. The third-order valence-corrected chi connectivity index (χ3v) is 8.51. The van der Waals surface area contributed by atoms with Crippen molar-refractivity contribution in [2.75, 3.05) is 7.11 Å². The number of methoxy groups -OCH3 is 1. The molecule has 4 rings (SSSR count). The third-order valence-electron chi connectivity index (χ3n) is 8.51. The van der Waals surface area contributed by atoms with Crippen LogP contribution in [0, 0.1) is 25.7 Å². The number of allylic oxidation sites excluding steroid dienone is 2. The van der Waals surface area contributed by atoms with Crippen molar-refractivity contribution in [1.82, 2.24) is 0 Å². The maximum atomic E-state index is 13.2. The molecule has 0 saturated heterocycles. The Balaban J connectivity index is 1.36. The van der Waals surface area contributed by atoms with Crippen LogP contribution in [0.1, 0.15) is 82.0 Å². The second-order valence-electron chi connectivity index (χ2n) is 11.3. The van der Waals surface area contributed by atoms with Crippen LogP contribution >= 0.6 is 0 Å². The lowest BCUT2D eigenvalue weighted by atomic mass is 9.89. The molecule has 0 N–H and O–H groups in total. The lowest BCUT2D eigenvalue weighted by Gasteiger charge is -2.19. The molecular weight excluding hydrogens is 468 g/mol. The Kier molecular flexibility index (Phi) is 9.71. The molecule has 0 bridgehead atoms. The summed E-state index contributed by atoms with van der Waals surface area (Å²) in [4.78, 5) is 18.0. The predicted molar refractivity (Wildman–Crippen MR) is 156 cm³/mol. The molecular formula is C34H45N2O2+. The minimum absolute atomic E-state index is 0.351. The van der Waals surface area contributed by atoms with Gasteiger partial charge in [0.05, 0.1) is 13.3 Å². The van der Waals surface area contributed by atoms with Gasteiger partial charge in [-0.3, -0.25) is 9.79 Å². The van der Waals surface area contributed by atoms with Crippen LogP contribution in [0.4, 0.5) is 0 Å². The van der Waals surface area contributed by atoms with Crippen molar-refractivity contribution in [2.45, 2.75) is 92.0 Å². The molecule has 1 fully saturated rings. The largest absolute Gasteiger partial charge is 0.495 e. The quantitative estimate of drug-likeness (QED) is 0.269. The van der Waals surface area contributed by atoms with Crippen LogP contribution in [-0.4, -0.2) is 18.6 Å². The van der Waals surface area contributed by atoms with E-state index in [1.54, 1.807) is 7.11 Å². The number of Topliss-reactive ketones (excluding diaryl/α,β-unsaturated/α-hetero) is 1. The monoisotopic (exact) mass is 513 g/mol. The van der Waals surface area contributed by atoms with Crippen molar-refractivity contribution in [3.05, 3.63) is 77.0 Å². The van der Waals surface area contributed by atoms with Crippen LogP contribution < -0.4 is 4.57 Å². The van der Waals surface area contributed by atoms with Gasteiger partial charge in [-0.05, 0) is 99.5 Å². The van der Waals surface area contributed by atoms with Crippen molar-refractivity contribution >= 4 is 11.5 Å². The van der Waals surface area contributed by atoms with Crippen LogP contribution in [0.3, 0.4) is 0 Å². The fourth-order valence-electron chi connectivity index (χ4n) is 5.94. The minimum atomic E-state index is 0.351. The van der Waals surface area contributed by atoms with Gasteiger partial charge in [-0.15, -0.1) is 0 Å². The Morgan fingerprint density at radius 2 is 1.82 bits per heavy atom. The number of benzene rings is 1.